The second kappa shape index (κ2) is 10.8. The molecule has 30 heavy (non-hydrogen) atoms. The minimum atomic E-state index is -0.167. The Morgan fingerprint density at radius 2 is 1.80 bits per heavy atom. The minimum absolute atomic E-state index is 0.167. The highest BCUT2D eigenvalue weighted by atomic mass is 127. The van der Waals surface area contributed by atoms with Crippen molar-refractivity contribution in [3.05, 3.63) is 92.6 Å². The first-order valence-corrected chi connectivity index (χ1v) is 10.5. The molecule has 0 fully saturated rings. The number of nitrogens with zero attached hydrogens (tertiary/aromatic N) is 1. The molecule has 0 radical (unpaired) electrons. The lowest BCUT2D eigenvalue weighted by molar-refractivity contribution is -0.120. The Labute approximate surface area is 190 Å². The predicted molar refractivity (Wildman–Crippen MR) is 127 cm³/mol. The SMILES string of the molecule is COc1cc(/C=N/NC(=O)Cc2ccc(C)cc2)cc(I)c1OCc1ccccc1. The number of nitrogens with one attached hydrogen (secondary N) is 1. The number of rotatable bonds is 8. The highest BCUT2D eigenvalue weighted by molar-refractivity contribution is 14.1. The van der Waals surface area contributed by atoms with E-state index in [0.29, 0.717) is 18.1 Å². The lowest BCUT2D eigenvalue weighted by Gasteiger charge is -2.13. The number of aryl methyl sites for hydroxylation is 1. The Bertz CT molecular complexity index is 1020. The molecule has 0 saturated heterocycles. The molecule has 1 N–H and O–H groups in total. The molecule has 0 bridgehead atoms. The van der Waals surface area contributed by atoms with E-state index in [1.807, 2.05) is 73.7 Å². The molecule has 0 aliphatic rings. The summed E-state index contributed by atoms with van der Waals surface area (Å²) in [4.78, 5) is 12.1. The fourth-order valence-electron chi connectivity index (χ4n) is 2.79. The standard InChI is InChI=1S/C24H23IN2O3/c1-17-8-10-18(11-9-17)14-23(28)27-26-15-20-12-21(25)24(22(13-20)29-2)30-16-19-6-4-3-5-7-19/h3-13,15H,14,16H2,1-2H3,(H,27,28)/b26-15+. The molecule has 0 saturated carbocycles. The van der Waals surface area contributed by atoms with Gasteiger partial charge in [0.2, 0.25) is 5.91 Å². The van der Waals surface area contributed by atoms with Crippen LogP contribution in [0.25, 0.3) is 0 Å². The van der Waals surface area contributed by atoms with E-state index in [2.05, 4.69) is 33.1 Å². The number of carbonyl (C=O) groups excluding carboxylic acids is 1. The van der Waals surface area contributed by atoms with E-state index in [1.165, 1.54) is 0 Å². The lowest BCUT2D eigenvalue weighted by Crippen LogP contribution is -2.19. The Hall–Kier alpha value is -2.87. The molecule has 0 heterocycles. The van der Waals surface area contributed by atoms with Gasteiger partial charge in [0.15, 0.2) is 11.5 Å². The van der Waals surface area contributed by atoms with Crippen molar-refractivity contribution in [2.75, 3.05) is 7.11 Å². The predicted octanol–water partition coefficient (Wildman–Crippen LogP) is 4.88. The minimum Gasteiger partial charge on any atom is -0.493 e. The van der Waals surface area contributed by atoms with Gasteiger partial charge in [-0.25, -0.2) is 5.43 Å². The summed E-state index contributed by atoms with van der Waals surface area (Å²) < 4.78 is 12.4. The highest BCUT2D eigenvalue weighted by Crippen LogP contribution is 2.34. The monoisotopic (exact) mass is 514 g/mol. The van der Waals surface area contributed by atoms with Crippen molar-refractivity contribution in [2.45, 2.75) is 20.0 Å². The van der Waals surface area contributed by atoms with Crippen LogP contribution in [0.15, 0.2) is 71.8 Å². The molecule has 1 amide bonds. The summed E-state index contributed by atoms with van der Waals surface area (Å²) in [6, 6.07) is 21.6. The molecule has 0 atom stereocenters. The summed E-state index contributed by atoms with van der Waals surface area (Å²) in [5, 5.41) is 4.07. The molecule has 3 aromatic carbocycles. The fraction of sp³-hybridized carbons (Fsp3) is 0.167. The Morgan fingerprint density at radius 3 is 2.50 bits per heavy atom. The molecule has 0 spiro atoms. The van der Waals surface area contributed by atoms with Crippen molar-refractivity contribution < 1.29 is 14.3 Å². The van der Waals surface area contributed by atoms with Crippen molar-refractivity contribution >= 4 is 34.7 Å². The van der Waals surface area contributed by atoms with E-state index in [9.17, 15) is 4.79 Å². The number of benzene rings is 3. The van der Waals surface area contributed by atoms with Gasteiger partial charge in [-0.05, 0) is 58.3 Å². The molecule has 5 nitrogen and oxygen atoms in total. The van der Waals surface area contributed by atoms with E-state index in [4.69, 9.17) is 9.47 Å². The van der Waals surface area contributed by atoms with Crippen LogP contribution in [0.2, 0.25) is 0 Å². The number of hydrogen-bond donors (Lipinski definition) is 1. The molecule has 0 unspecified atom stereocenters. The molecule has 0 aliphatic carbocycles. The third kappa shape index (κ3) is 6.32. The van der Waals surface area contributed by atoms with Gasteiger partial charge in [0.25, 0.3) is 0 Å². The Kier molecular flexibility index (Phi) is 7.84. The first-order valence-electron chi connectivity index (χ1n) is 9.47. The average molecular weight is 514 g/mol. The number of methoxy groups -OCH3 is 1. The number of ether oxygens (including phenoxy) is 2. The lowest BCUT2D eigenvalue weighted by atomic mass is 10.1. The molecular formula is C24H23IN2O3. The number of carbonyl (C=O) groups is 1. The molecule has 154 valence electrons. The second-order valence-electron chi connectivity index (χ2n) is 6.76. The van der Waals surface area contributed by atoms with E-state index < -0.39 is 0 Å². The number of hydrogen-bond acceptors (Lipinski definition) is 4. The topological polar surface area (TPSA) is 59.9 Å². The Balaban J connectivity index is 1.62. The van der Waals surface area contributed by atoms with Gasteiger partial charge < -0.3 is 9.47 Å². The van der Waals surface area contributed by atoms with Crippen LogP contribution in [-0.4, -0.2) is 19.2 Å². The average Bonchev–Trinajstić information content (AvgIpc) is 2.75. The summed E-state index contributed by atoms with van der Waals surface area (Å²) in [6.45, 7) is 2.47. The van der Waals surface area contributed by atoms with Crippen LogP contribution in [0.3, 0.4) is 0 Å². The van der Waals surface area contributed by atoms with Crippen LogP contribution in [0.5, 0.6) is 11.5 Å². The molecule has 3 aromatic rings. The number of amides is 1. The largest absolute Gasteiger partial charge is 0.493 e. The third-order valence-electron chi connectivity index (χ3n) is 4.37. The van der Waals surface area contributed by atoms with Crippen LogP contribution < -0.4 is 14.9 Å². The van der Waals surface area contributed by atoms with Crippen LogP contribution in [-0.2, 0) is 17.8 Å². The van der Waals surface area contributed by atoms with Gasteiger partial charge >= 0.3 is 0 Å². The summed E-state index contributed by atoms with van der Waals surface area (Å²) in [5.41, 5.74) is 6.57. The van der Waals surface area contributed by atoms with Crippen molar-refractivity contribution in [3.8, 4) is 11.5 Å². The van der Waals surface area contributed by atoms with Crippen molar-refractivity contribution in [1.29, 1.82) is 0 Å². The maximum absolute atomic E-state index is 12.1. The maximum Gasteiger partial charge on any atom is 0.244 e. The first kappa shape index (κ1) is 21.8. The molecule has 0 aromatic heterocycles. The first-order chi connectivity index (χ1) is 14.5. The third-order valence-corrected chi connectivity index (χ3v) is 5.17. The van der Waals surface area contributed by atoms with Crippen LogP contribution in [0, 0.1) is 10.5 Å². The molecule has 6 heteroatoms. The summed E-state index contributed by atoms with van der Waals surface area (Å²) >= 11 is 2.21. The van der Waals surface area contributed by atoms with Gasteiger partial charge in [0.1, 0.15) is 6.61 Å². The van der Waals surface area contributed by atoms with Gasteiger partial charge in [-0.1, -0.05) is 60.2 Å². The zero-order valence-electron chi connectivity index (χ0n) is 16.9. The smallest absolute Gasteiger partial charge is 0.244 e. The molecular weight excluding hydrogens is 491 g/mol. The van der Waals surface area contributed by atoms with Crippen molar-refractivity contribution in [1.82, 2.24) is 5.43 Å². The number of halogens is 1. The van der Waals surface area contributed by atoms with Crippen molar-refractivity contribution in [3.63, 3.8) is 0 Å². The summed E-state index contributed by atoms with van der Waals surface area (Å²) in [7, 11) is 1.60. The van der Waals surface area contributed by atoms with Gasteiger partial charge in [-0.3, -0.25) is 4.79 Å². The summed E-state index contributed by atoms with van der Waals surface area (Å²) in [5.74, 6) is 1.13. The van der Waals surface area contributed by atoms with E-state index >= 15 is 0 Å². The highest BCUT2D eigenvalue weighted by Gasteiger charge is 2.11. The molecule has 3 rings (SSSR count). The maximum atomic E-state index is 12.1. The zero-order valence-corrected chi connectivity index (χ0v) is 19.0. The summed E-state index contributed by atoms with van der Waals surface area (Å²) in [6.07, 6.45) is 1.88. The van der Waals surface area contributed by atoms with Gasteiger partial charge in [0, 0.05) is 0 Å². The van der Waals surface area contributed by atoms with Gasteiger partial charge in [-0.2, -0.15) is 5.10 Å². The quantitative estimate of drug-likeness (QED) is 0.265. The normalized spacial score (nSPS) is 10.8. The van der Waals surface area contributed by atoms with Crippen LogP contribution in [0.1, 0.15) is 22.3 Å². The van der Waals surface area contributed by atoms with Gasteiger partial charge in [-0.15, -0.1) is 0 Å². The van der Waals surface area contributed by atoms with Crippen LogP contribution in [0.4, 0.5) is 0 Å². The van der Waals surface area contributed by atoms with Crippen LogP contribution >= 0.6 is 22.6 Å². The molecule has 0 aliphatic heterocycles. The van der Waals surface area contributed by atoms with Gasteiger partial charge in [0.05, 0.1) is 23.3 Å². The number of hydrazone groups is 1. The van der Waals surface area contributed by atoms with E-state index in [-0.39, 0.29) is 12.3 Å². The fourth-order valence-corrected chi connectivity index (χ4v) is 3.57. The Morgan fingerprint density at radius 1 is 1.07 bits per heavy atom. The van der Waals surface area contributed by atoms with E-state index in [0.717, 1.165) is 25.8 Å². The van der Waals surface area contributed by atoms with Crippen molar-refractivity contribution in [2.24, 2.45) is 5.10 Å². The zero-order chi connectivity index (χ0) is 21.3. The second-order valence-corrected chi connectivity index (χ2v) is 7.93. The van der Waals surface area contributed by atoms with E-state index in [1.54, 1.807) is 13.3 Å².